The highest BCUT2D eigenvalue weighted by Crippen LogP contribution is 2.60. The molecule has 0 N–H and O–H groups in total. The Morgan fingerprint density at radius 3 is 0.426 bits per heavy atom. The maximum Gasteiger partial charge on any atom is 0.224 e. The minimum atomic E-state index is -1.56. The van der Waals surface area contributed by atoms with Crippen molar-refractivity contribution in [1.29, 1.82) is 0 Å². The fourth-order valence-corrected chi connectivity index (χ4v) is 13.2. The third-order valence-electron chi connectivity index (χ3n) is 18.3. The van der Waals surface area contributed by atoms with Gasteiger partial charge in [-0.2, -0.15) is 0 Å². The first-order chi connectivity index (χ1) is 49.6. The Morgan fingerprint density at radius 1 is 0.168 bits per heavy atom. The third-order valence-corrected chi connectivity index (χ3v) is 18.3. The number of methoxy groups -OCH3 is 10. The third kappa shape index (κ3) is 13.6. The predicted octanol–water partition coefficient (Wildman–Crippen LogP) is 21.2. The molecule has 13 rings (SSSR count). The molecule has 0 saturated carbocycles. The van der Waals surface area contributed by atoms with Gasteiger partial charge in [0.15, 0.2) is 0 Å². The topological polar surface area (TPSA) is 105 Å². The van der Waals surface area contributed by atoms with Crippen LogP contribution in [-0.4, -0.2) is 76.9 Å². The zero-order valence-electron chi connectivity index (χ0n) is 58.1. The SMILES string of the molecule is COc1ccc(N(c2ccc(OC)cc2)c2ccc(C3=C(c4ccc(N(c5ccc(OC)cc5)c5ccc(OC)cc5)cc4)C(OC)(OC)C(c4ccc(N(c5ccc(OC)cc5)c5ccc(OC)cc5)cc4)=C3c3ccc(N(c4ccc(OC)cc4)c4ccc(OC)cc4)cc3)cc2)cc1. The second kappa shape index (κ2) is 30.2. The Balaban J connectivity index is 1.05. The molecule has 0 spiro atoms. The largest absolute Gasteiger partial charge is 0.497 e. The molecule has 12 aromatic rings. The number of ether oxygens (including phenoxy) is 10. The number of hydrogen-bond acceptors (Lipinski definition) is 14. The Hall–Kier alpha value is -12.4. The zero-order valence-corrected chi connectivity index (χ0v) is 58.1. The Kier molecular flexibility index (Phi) is 20.1. The maximum atomic E-state index is 7.17. The summed E-state index contributed by atoms with van der Waals surface area (Å²) in [7, 11) is 16.9. The van der Waals surface area contributed by atoms with Crippen LogP contribution in [-0.2, 0) is 9.47 Å². The van der Waals surface area contributed by atoms with Crippen LogP contribution in [0, 0.1) is 0 Å². The molecule has 506 valence electrons. The summed E-state index contributed by atoms with van der Waals surface area (Å²) < 4.78 is 59.5. The lowest BCUT2D eigenvalue weighted by Crippen LogP contribution is -2.35. The van der Waals surface area contributed by atoms with Gasteiger partial charge in [0.25, 0.3) is 0 Å². The van der Waals surface area contributed by atoms with E-state index in [1.807, 2.05) is 97.1 Å². The number of anilines is 12. The molecule has 1 aliphatic rings. The second-order valence-corrected chi connectivity index (χ2v) is 23.6. The molecule has 0 heterocycles. The first-order valence-corrected chi connectivity index (χ1v) is 32.9. The molecule has 14 heteroatoms. The summed E-state index contributed by atoms with van der Waals surface area (Å²) in [5, 5.41) is 0. The van der Waals surface area contributed by atoms with Gasteiger partial charge >= 0.3 is 0 Å². The smallest absolute Gasteiger partial charge is 0.224 e. The second-order valence-electron chi connectivity index (χ2n) is 23.6. The zero-order chi connectivity index (χ0) is 70.0. The van der Waals surface area contributed by atoms with Gasteiger partial charge in [0.2, 0.25) is 5.79 Å². The summed E-state index contributed by atoms with van der Waals surface area (Å²) in [5.41, 5.74) is 18.0. The van der Waals surface area contributed by atoms with Crippen molar-refractivity contribution >= 4 is 90.5 Å². The van der Waals surface area contributed by atoms with Crippen LogP contribution < -0.4 is 57.5 Å². The van der Waals surface area contributed by atoms with Crippen molar-refractivity contribution in [2.24, 2.45) is 0 Å². The molecular weight excluding hydrogens is 1260 g/mol. The average molecular weight is 1340 g/mol. The van der Waals surface area contributed by atoms with Gasteiger partial charge in [-0.1, -0.05) is 48.5 Å². The van der Waals surface area contributed by atoms with Crippen LogP contribution in [0.1, 0.15) is 22.3 Å². The highest BCUT2D eigenvalue weighted by atomic mass is 16.7. The monoisotopic (exact) mass is 1340 g/mol. The summed E-state index contributed by atoms with van der Waals surface area (Å²) in [6.45, 7) is 0. The van der Waals surface area contributed by atoms with E-state index in [0.717, 1.165) is 159 Å². The van der Waals surface area contributed by atoms with Gasteiger partial charge < -0.3 is 67.0 Å². The van der Waals surface area contributed by atoms with E-state index in [2.05, 4.69) is 214 Å². The molecular formula is C87H78N4O10. The summed E-state index contributed by atoms with van der Waals surface area (Å²) in [6.07, 6.45) is 0. The Labute approximate surface area is 590 Å². The van der Waals surface area contributed by atoms with Crippen LogP contribution >= 0.6 is 0 Å². The van der Waals surface area contributed by atoms with Crippen molar-refractivity contribution in [3.05, 3.63) is 313 Å². The van der Waals surface area contributed by atoms with Gasteiger partial charge in [-0.25, -0.2) is 0 Å². The molecule has 1 aliphatic carbocycles. The van der Waals surface area contributed by atoms with Crippen molar-refractivity contribution in [3.8, 4) is 46.0 Å². The minimum Gasteiger partial charge on any atom is -0.497 e. The van der Waals surface area contributed by atoms with Crippen LogP contribution in [0.25, 0.3) is 22.3 Å². The summed E-state index contributed by atoms with van der Waals surface area (Å²) in [4.78, 5) is 8.86. The summed E-state index contributed by atoms with van der Waals surface area (Å²) in [6, 6.07) is 99.3. The van der Waals surface area contributed by atoms with Crippen molar-refractivity contribution < 1.29 is 47.4 Å². The lowest BCUT2D eigenvalue weighted by Gasteiger charge is -2.34. The molecule has 0 atom stereocenters. The van der Waals surface area contributed by atoms with E-state index in [0.29, 0.717) is 0 Å². The molecule has 101 heavy (non-hydrogen) atoms. The van der Waals surface area contributed by atoms with Crippen LogP contribution in [0.5, 0.6) is 46.0 Å². The number of benzene rings is 12. The van der Waals surface area contributed by atoms with Crippen LogP contribution in [0.15, 0.2) is 291 Å². The number of hydrogen-bond donors (Lipinski definition) is 0. The average Bonchev–Trinajstić information content (AvgIpc) is 1.55. The molecule has 0 amide bonds. The van der Waals surface area contributed by atoms with Gasteiger partial charge in [0.1, 0.15) is 46.0 Å². The lowest BCUT2D eigenvalue weighted by atomic mass is 9.89. The van der Waals surface area contributed by atoms with Gasteiger partial charge in [-0.3, -0.25) is 0 Å². The molecule has 0 bridgehead atoms. The summed E-state index contributed by atoms with van der Waals surface area (Å²) in [5.74, 6) is 4.44. The Morgan fingerprint density at radius 2 is 0.297 bits per heavy atom. The maximum absolute atomic E-state index is 7.17. The molecule has 0 fully saturated rings. The van der Waals surface area contributed by atoms with E-state index < -0.39 is 5.79 Å². The molecule has 14 nitrogen and oxygen atoms in total. The van der Waals surface area contributed by atoms with Gasteiger partial charge in [0, 0.05) is 93.6 Å². The fourth-order valence-electron chi connectivity index (χ4n) is 13.2. The van der Waals surface area contributed by atoms with Crippen molar-refractivity contribution in [2.75, 3.05) is 90.7 Å². The van der Waals surface area contributed by atoms with E-state index in [1.54, 1.807) is 71.1 Å². The molecule has 0 saturated heterocycles. The highest BCUT2D eigenvalue weighted by Gasteiger charge is 2.50. The van der Waals surface area contributed by atoms with E-state index >= 15 is 0 Å². The quantitative estimate of drug-likeness (QED) is 0.0480. The number of rotatable bonds is 26. The fraction of sp³-hybridized carbons (Fsp3) is 0.126. The van der Waals surface area contributed by atoms with Crippen molar-refractivity contribution in [3.63, 3.8) is 0 Å². The molecule has 0 radical (unpaired) electrons. The normalized spacial score (nSPS) is 12.3. The molecule has 0 aliphatic heterocycles. The standard InChI is InChI=1S/C87H78N4O10/c1-92-75-43-27-67(28-44-75)88(68-29-45-76(93-2)46-30-68)63-19-11-59(12-20-63)83-84(60-13-21-64(22-14-60)89(69-31-47-77(94-3)48-32-69)70-33-49-78(95-4)50-34-70)86(62-17-25-66(26-18-62)91(73-39-55-81(98-7)56-40-73)74-41-57-82(99-8)58-42-74)87(100-9,101-10)85(83)61-15-23-65(24-16-61)90(71-35-51-79(96-5)52-36-71)72-37-53-80(97-6)54-38-72/h11-58H,1-10H3. The van der Waals surface area contributed by atoms with Crippen molar-refractivity contribution in [1.82, 2.24) is 0 Å². The van der Waals surface area contributed by atoms with Crippen LogP contribution in [0.4, 0.5) is 68.2 Å². The van der Waals surface area contributed by atoms with Gasteiger partial charge in [-0.15, -0.1) is 0 Å². The first kappa shape index (κ1) is 67.2. The van der Waals surface area contributed by atoms with Crippen molar-refractivity contribution in [2.45, 2.75) is 5.79 Å². The predicted molar refractivity (Wildman–Crippen MR) is 407 cm³/mol. The highest BCUT2D eigenvalue weighted by molar-refractivity contribution is 6.30. The molecule has 0 unspecified atom stereocenters. The summed E-state index contributed by atoms with van der Waals surface area (Å²) >= 11 is 0. The molecule has 0 aromatic heterocycles. The first-order valence-electron chi connectivity index (χ1n) is 32.9. The number of nitrogens with zero attached hydrogens (tertiary/aromatic N) is 4. The van der Waals surface area contributed by atoms with E-state index in [9.17, 15) is 0 Å². The lowest BCUT2D eigenvalue weighted by molar-refractivity contribution is -0.114. The van der Waals surface area contributed by atoms with Crippen LogP contribution in [0.3, 0.4) is 0 Å². The number of allylic oxidation sites excluding steroid dienone is 2. The van der Waals surface area contributed by atoms with E-state index in [-0.39, 0.29) is 0 Å². The van der Waals surface area contributed by atoms with E-state index in [1.165, 1.54) is 0 Å². The van der Waals surface area contributed by atoms with Gasteiger partial charge in [-0.05, 0) is 276 Å². The van der Waals surface area contributed by atoms with E-state index in [4.69, 9.17) is 47.4 Å². The van der Waals surface area contributed by atoms with Crippen LogP contribution in [0.2, 0.25) is 0 Å². The van der Waals surface area contributed by atoms with Gasteiger partial charge in [0.05, 0.1) is 56.9 Å². The minimum absolute atomic E-state index is 0.749. The Bertz CT molecular complexity index is 4300. The molecule has 12 aromatic carbocycles.